The first kappa shape index (κ1) is 28.9. The van der Waals surface area contributed by atoms with Gasteiger partial charge in [-0.1, -0.05) is 97.8 Å². The van der Waals surface area contributed by atoms with E-state index in [9.17, 15) is 14.7 Å². The molecule has 2 unspecified atom stereocenters. The third kappa shape index (κ3) is 17.7. The van der Waals surface area contributed by atoms with Gasteiger partial charge in [-0.2, -0.15) is 0 Å². The molecule has 2 atom stereocenters. The standard InChI is InChI=1S/C25H49NO4/c1-5-6-7-8-9-10-11-12-13-14-15-16-17-18-23(28)26-24(21(2)3)25(29)30-20-19-22(4)27/h21-22,24,27H,5-20H2,1-4H3,(H,26,28). The van der Waals surface area contributed by atoms with Crippen molar-refractivity contribution < 1.29 is 19.4 Å². The van der Waals surface area contributed by atoms with Gasteiger partial charge in [0, 0.05) is 12.8 Å². The normalized spacial score (nSPS) is 13.3. The van der Waals surface area contributed by atoms with Crippen LogP contribution >= 0.6 is 0 Å². The highest BCUT2D eigenvalue weighted by molar-refractivity contribution is 5.84. The first-order valence-electron chi connectivity index (χ1n) is 12.5. The van der Waals surface area contributed by atoms with Crippen LogP contribution in [-0.4, -0.2) is 35.7 Å². The van der Waals surface area contributed by atoms with Gasteiger partial charge in [0.05, 0.1) is 12.7 Å². The number of carbonyl (C=O) groups excluding carboxylic acids is 2. The summed E-state index contributed by atoms with van der Waals surface area (Å²) in [5, 5.41) is 12.1. The molecule has 0 bridgehead atoms. The molecule has 0 saturated carbocycles. The summed E-state index contributed by atoms with van der Waals surface area (Å²) in [4.78, 5) is 24.4. The lowest BCUT2D eigenvalue weighted by molar-refractivity contribution is -0.149. The minimum atomic E-state index is -0.617. The van der Waals surface area contributed by atoms with E-state index in [0.29, 0.717) is 12.8 Å². The van der Waals surface area contributed by atoms with E-state index in [-0.39, 0.29) is 18.4 Å². The van der Waals surface area contributed by atoms with Gasteiger partial charge in [-0.3, -0.25) is 4.79 Å². The summed E-state index contributed by atoms with van der Waals surface area (Å²) in [6, 6.07) is -0.617. The molecule has 0 aromatic heterocycles. The van der Waals surface area contributed by atoms with E-state index in [2.05, 4.69) is 12.2 Å². The van der Waals surface area contributed by atoms with Crippen LogP contribution in [0.2, 0.25) is 0 Å². The number of hydrogen-bond donors (Lipinski definition) is 2. The summed E-state index contributed by atoms with van der Waals surface area (Å²) in [5.74, 6) is -0.520. The van der Waals surface area contributed by atoms with Gasteiger partial charge >= 0.3 is 5.97 Å². The predicted molar refractivity (Wildman–Crippen MR) is 124 cm³/mol. The summed E-state index contributed by atoms with van der Waals surface area (Å²) in [6.45, 7) is 7.88. The average molecular weight is 428 g/mol. The lowest BCUT2D eigenvalue weighted by atomic mass is 10.0. The Labute approximate surface area is 185 Å². The van der Waals surface area contributed by atoms with Crippen LogP contribution in [0.4, 0.5) is 0 Å². The van der Waals surface area contributed by atoms with E-state index in [1.54, 1.807) is 6.92 Å². The van der Waals surface area contributed by atoms with Crippen molar-refractivity contribution >= 4 is 11.9 Å². The highest BCUT2D eigenvalue weighted by Gasteiger charge is 2.25. The van der Waals surface area contributed by atoms with Gasteiger partial charge < -0.3 is 15.2 Å². The van der Waals surface area contributed by atoms with Crippen molar-refractivity contribution in [3.05, 3.63) is 0 Å². The largest absolute Gasteiger partial charge is 0.464 e. The highest BCUT2D eigenvalue weighted by Crippen LogP contribution is 2.13. The smallest absolute Gasteiger partial charge is 0.328 e. The molecular weight excluding hydrogens is 378 g/mol. The number of aliphatic hydroxyl groups excluding tert-OH is 1. The first-order chi connectivity index (χ1) is 14.4. The Morgan fingerprint density at radius 2 is 1.27 bits per heavy atom. The number of nitrogens with one attached hydrogen (secondary N) is 1. The molecule has 178 valence electrons. The van der Waals surface area contributed by atoms with Crippen LogP contribution in [0.1, 0.15) is 124 Å². The van der Waals surface area contributed by atoms with Gasteiger partial charge in [0.15, 0.2) is 0 Å². The summed E-state index contributed by atoms with van der Waals surface area (Å²) in [7, 11) is 0. The molecule has 2 N–H and O–H groups in total. The van der Waals surface area contributed by atoms with Crippen molar-refractivity contribution in [2.75, 3.05) is 6.61 Å². The van der Waals surface area contributed by atoms with Crippen LogP contribution < -0.4 is 5.32 Å². The van der Waals surface area contributed by atoms with E-state index >= 15 is 0 Å². The van der Waals surface area contributed by atoms with E-state index in [1.165, 1.54) is 70.6 Å². The molecule has 0 spiro atoms. The maximum Gasteiger partial charge on any atom is 0.328 e. The lowest BCUT2D eigenvalue weighted by Gasteiger charge is -2.21. The van der Waals surface area contributed by atoms with Crippen molar-refractivity contribution in [2.45, 2.75) is 136 Å². The minimum Gasteiger partial charge on any atom is -0.464 e. The van der Waals surface area contributed by atoms with Gasteiger partial charge in [0.25, 0.3) is 0 Å². The van der Waals surface area contributed by atoms with E-state index in [0.717, 1.165) is 12.8 Å². The molecule has 0 aliphatic heterocycles. The van der Waals surface area contributed by atoms with Gasteiger partial charge in [-0.15, -0.1) is 0 Å². The monoisotopic (exact) mass is 427 g/mol. The topological polar surface area (TPSA) is 75.6 Å². The highest BCUT2D eigenvalue weighted by atomic mass is 16.5. The fraction of sp³-hybridized carbons (Fsp3) is 0.920. The molecule has 5 nitrogen and oxygen atoms in total. The molecule has 0 saturated heterocycles. The summed E-state index contributed by atoms with van der Waals surface area (Å²) >= 11 is 0. The van der Waals surface area contributed by atoms with Crippen LogP contribution in [0.15, 0.2) is 0 Å². The van der Waals surface area contributed by atoms with Gasteiger partial charge in [0.1, 0.15) is 6.04 Å². The number of ether oxygens (including phenoxy) is 1. The number of esters is 1. The number of rotatable bonds is 20. The van der Waals surface area contributed by atoms with Crippen molar-refractivity contribution in [2.24, 2.45) is 5.92 Å². The van der Waals surface area contributed by atoms with Crippen molar-refractivity contribution in [3.8, 4) is 0 Å². The molecule has 0 aromatic rings. The van der Waals surface area contributed by atoms with E-state index < -0.39 is 18.1 Å². The fourth-order valence-electron chi connectivity index (χ4n) is 3.47. The molecule has 0 aliphatic rings. The van der Waals surface area contributed by atoms with E-state index in [4.69, 9.17) is 4.74 Å². The molecule has 30 heavy (non-hydrogen) atoms. The zero-order valence-corrected chi connectivity index (χ0v) is 20.2. The summed E-state index contributed by atoms with van der Waals surface area (Å²) in [5.41, 5.74) is 0. The number of hydrogen-bond acceptors (Lipinski definition) is 4. The maximum atomic E-state index is 12.2. The predicted octanol–water partition coefficient (Wildman–Crippen LogP) is 5.92. The maximum absolute atomic E-state index is 12.2. The molecule has 0 rings (SSSR count). The molecule has 0 fully saturated rings. The van der Waals surface area contributed by atoms with E-state index in [1.807, 2.05) is 13.8 Å². The van der Waals surface area contributed by atoms with Crippen LogP contribution in [0.3, 0.4) is 0 Å². The Morgan fingerprint density at radius 3 is 1.70 bits per heavy atom. The van der Waals surface area contributed by atoms with Crippen LogP contribution in [0.5, 0.6) is 0 Å². The van der Waals surface area contributed by atoms with Crippen molar-refractivity contribution in [3.63, 3.8) is 0 Å². The van der Waals surface area contributed by atoms with Crippen molar-refractivity contribution in [1.29, 1.82) is 0 Å². The van der Waals surface area contributed by atoms with Gasteiger partial charge in [-0.05, 0) is 19.3 Å². The second kappa shape index (κ2) is 19.8. The minimum absolute atomic E-state index is 0.0281. The summed E-state index contributed by atoms with van der Waals surface area (Å²) < 4.78 is 5.19. The number of carbonyl (C=O) groups is 2. The van der Waals surface area contributed by atoms with Crippen molar-refractivity contribution in [1.82, 2.24) is 5.32 Å². The molecule has 0 aliphatic carbocycles. The molecule has 0 radical (unpaired) electrons. The van der Waals surface area contributed by atoms with Crippen LogP contribution in [0, 0.1) is 5.92 Å². The second-order valence-corrected chi connectivity index (χ2v) is 9.09. The molecule has 5 heteroatoms. The summed E-state index contributed by atoms with van der Waals surface area (Å²) in [6.07, 6.45) is 17.0. The first-order valence-corrected chi connectivity index (χ1v) is 12.5. The third-order valence-corrected chi connectivity index (χ3v) is 5.52. The molecule has 1 amide bonds. The quantitative estimate of drug-likeness (QED) is 0.187. The van der Waals surface area contributed by atoms with Crippen LogP contribution in [0.25, 0.3) is 0 Å². The zero-order valence-electron chi connectivity index (χ0n) is 20.2. The lowest BCUT2D eigenvalue weighted by Crippen LogP contribution is -2.45. The van der Waals surface area contributed by atoms with Gasteiger partial charge in [0.2, 0.25) is 5.91 Å². The molecular formula is C25H49NO4. The Bertz CT molecular complexity index is 423. The zero-order chi connectivity index (χ0) is 22.6. The number of amides is 1. The Kier molecular flexibility index (Phi) is 19.1. The Morgan fingerprint density at radius 1 is 0.800 bits per heavy atom. The SMILES string of the molecule is CCCCCCCCCCCCCCCC(=O)NC(C(=O)OCCC(C)O)C(C)C. The van der Waals surface area contributed by atoms with Gasteiger partial charge in [-0.25, -0.2) is 4.79 Å². The second-order valence-electron chi connectivity index (χ2n) is 9.09. The Hall–Kier alpha value is -1.10. The molecule has 0 aromatic carbocycles. The molecule has 0 heterocycles. The van der Waals surface area contributed by atoms with Crippen LogP contribution in [-0.2, 0) is 14.3 Å². The fourth-order valence-corrected chi connectivity index (χ4v) is 3.47. The number of aliphatic hydroxyl groups is 1. The number of unbranched alkanes of at least 4 members (excludes halogenated alkanes) is 12. The average Bonchev–Trinajstić information content (AvgIpc) is 2.69. The third-order valence-electron chi connectivity index (χ3n) is 5.52. The Balaban J connectivity index is 3.71.